The van der Waals surface area contributed by atoms with Gasteiger partial charge < -0.3 is 24.6 Å². The highest BCUT2D eigenvalue weighted by molar-refractivity contribution is 6.32. The number of ether oxygens (including phenoxy) is 2. The van der Waals surface area contributed by atoms with Gasteiger partial charge >= 0.3 is 0 Å². The lowest BCUT2D eigenvalue weighted by atomic mass is 10.2. The second-order valence-electron chi connectivity index (χ2n) is 6.53. The second kappa shape index (κ2) is 8.52. The third kappa shape index (κ3) is 4.06. The van der Waals surface area contributed by atoms with Crippen LogP contribution in [-0.4, -0.2) is 67.3 Å². The van der Waals surface area contributed by atoms with E-state index < -0.39 is 0 Å². The van der Waals surface area contributed by atoms with Crippen molar-refractivity contribution in [1.82, 2.24) is 20.2 Å². The van der Waals surface area contributed by atoms with Crippen molar-refractivity contribution in [2.24, 2.45) is 4.99 Å². The van der Waals surface area contributed by atoms with E-state index in [0.717, 1.165) is 43.7 Å². The van der Waals surface area contributed by atoms with E-state index in [1.165, 1.54) is 0 Å². The number of guanidine groups is 1. The van der Waals surface area contributed by atoms with Crippen molar-refractivity contribution in [2.75, 3.05) is 51.3 Å². The smallest absolute Gasteiger partial charge is 0.225 e. The number of rotatable bonds is 3. The molecule has 1 fully saturated rings. The van der Waals surface area contributed by atoms with Gasteiger partial charge in [0, 0.05) is 52.2 Å². The number of hydrogen-bond acceptors (Lipinski definition) is 6. The van der Waals surface area contributed by atoms with E-state index in [1.54, 1.807) is 19.4 Å². The molecule has 0 radical (unpaired) electrons. The fourth-order valence-corrected chi connectivity index (χ4v) is 3.64. The Morgan fingerprint density at radius 3 is 2.64 bits per heavy atom. The van der Waals surface area contributed by atoms with Crippen molar-refractivity contribution in [3.05, 3.63) is 41.2 Å². The van der Waals surface area contributed by atoms with Crippen molar-refractivity contribution >= 4 is 23.5 Å². The first kappa shape index (κ1) is 18.6. The third-order valence-electron chi connectivity index (χ3n) is 4.73. The summed E-state index contributed by atoms with van der Waals surface area (Å²) in [6.45, 7) is 5.06. The van der Waals surface area contributed by atoms with Crippen LogP contribution < -0.4 is 19.7 Å². The van der Waals surface area contributed by atoms with Gasteiger partial charge in [-0.1, -0.05) is 11.6 Å². The predicted molar refractivity (Wildman–Crippen MR) is 108 cm³/mol. The monoisotopic (exact) mass is 402 g/mol. The first-order valence-corrected chi connectivity index (χ1v) is 9.68. The molecule has 2 aliphatic rings. The maximum absolute atomic E-state index is 6.33. The molecule has 2 aromatic rings. The third-order valence-corrected chi connectivity index (χ3v) is 5.01. The van der Waals surface area contributed by atoms with Gasteiger partial charge in [-0.15, -0.1) is 0 Å². The molecular formula is C19H23ClN6O2. The highest BCUT2D eigenvalue weighted by atomic mass is 35.5. The van der Waals surface area contributed by atoms with Gasteiger partial charge in [-0.25, -0.2) is 9.97 Å². The lowest BCUT2D eigenvalue weighted by Crippen LogP contribution is -2.52. The van der Waals surface area contributed by atoms with Crippen LogP contribution in [0.5, 0.6) is 11.5 Å². The van der Waals surface area contributed by atoms with Crippen molar-refractivity contribution in [1.29, 1.82) is 0 Å². The molecule has 4 rings (SSSR count). The minimum Gasteiger partial charge on any atom is -0.486 e. The average molecular weight is 403 g/mol. The fourth-order valence-electron chi connectivity index (χ4n) is 3.35. The maximum atomic E-state index is 6.33. The van der Waals surface area contributed by atoms with Crippen LogP contribution in [0.3, 0.4) is 0 Å². The summed E-state index contributed by atoms with van der Waals surface area (Å²) in [7, 11) is 1.80. The number of aliphatic imine (C=N–C) groups is 1. The number of halogens is 1. The highest BCUT2D eigenvalue weighted by Crippen LogP contribution is 2.38. The van der Waals surface area contributed by atoms with Gasteiger partial charge in [-0.05, 0) is 23.8 Å². The molecule has 28 heavy (non-hydrogen) atoms. The van der Waals surface area contributed by atoms with Crippen LogP contribution in [0.4, 0.5) is 5.95 Å². The molecule has 1 saturated heterocycles. The Kier molecular flexibility index (Phi) is 5.66. The van der Waals surface area contributed by atoms with Gasteiger partial charge in [0.15, 0.2) is 17.5 Å². The lowest BCUT2D eigenvalue weighted by molar-refractivity contribution is 0.171. The van der Waals surface area contributed by atoms with Gasteiger partial charge in [-0.3, -0.25) is 4.99 Å². The number of hydrogen-bond donors (Lipinski definition) is 1. The number of nitrogens with one attached hydrogen (secondary N) is 1. The van der Waals surface area contributed by atoms with E-state index in [1.807, 2.05) is 18.2 Å². The first-order chi connectivity index (χ1) is 13.7. The molecule has 9 heteroatoms. The van der Waals surface area contributed by atoms with Gasteiger partial charge in [0.25, 0.3) is 0 Å². The SMILES string of the molecule is CN=C(NCc1cc(Cl)c2c(c1)OCCO2)N1CCN(c2ncccn2)CC1. The molecule has 2 aliphatic heterocycles. The van der Waals surface area contributed by atoms with E-state index in [-0.39, 0.29) is 0 Å². The van der Waals surface area contributed by atoms with Crippen molar-refractivity contribution < 1.29 is 9.47 Å². The number of piperazine rings is 1. The quantitative estimate of drug-likeness (QED) is 0.619. The molecule has 1 aromatic heterocycles. The van der Waals surface area contributed by atoms with Gasteiger partial charge in [0.05, 0.1) is 5.02 Å². The molecule has 0 bridgehead atoms. The highest BCUT2D eigenvalue weighted by Gasteiger charge is 2.21. The van der Waals surface area contributed by atoms with Crippen LogP contribution >= 0.6 is 11.6 Å². The molecule has 0 atom stereocenters. The molecule has 0 aliphatic carbocycles. The van der Waals surface area contributed by atoms with E-state index in [4.69, 9.17) is 21.1 Å². The molecule has 3 heterocycles. The summed E-state index contributed by atoms with van der Waals surface area (Å²) in [4.78, 5) is 17.5. The van der Waals surface area contributed by atoms with Gasteiger partial charge in [-0.2, -0.15) is 0 Å². The van der Waals surface area contributed by atoms with Crippen LogP contribution in [0.25, 0.3) is 0 Å². The van der Waals surface area contributed by atoms with Gasteiger partial charge in [0.1, 0.15) is 13.2 Å². The molecule has 0 spiro atoms. The summed E-state index contributed by atoms with van der Waals surface area (Å²) in [5.41, 5.74) is 1.02. The average Bonchev–Trinajstić information content (AvgIpc) is 2.75. The zero-order valence-electron chi connectivity index (χ0n) is 15.8. The Morgan fingerprint density at radius 1 is 1.14 bits per heavy atom. The summed E-state index contributed by atoms with van der Waals surface area (Å²) >= 11 is 6.33. The van der Waals surface area contributed by atoms with Crippen LogP contribution in [0.2, 0.25) is 5.02 Å². The van der Waals surface area contributed by atoms with Crippen LogP contribution in [0.15, 0.2) is 35.6 Å². The summed E-state index contributed by atoms with van der Waals surface area (Å²) in [6, 6.07) is 5.70. The Bertz CT molecular complexity index is 840. The van der Waals surface area contributed by atoms with Crippen LogP contribution in [0.1, 0.15) is 5.56 Å². The second-order valence-corrected chi connectivity index (χ2v) is 6.93. The van der Waals surface area contributed by atoms with Crippen LogP contribution in [0, 0.1) is 0 Å². The molecular weight excluding hydrogens is 380 g/mol. The number of benzene rings is 1. The number of nitrogens with zero attached hydrogens (tertiary/aromatic N) is 5. The minimum absolute atomic E-state index is 0.525. The minimum atomic E-state index is 0.525. The Labute approximate surface area is 169 Å². The molecule has 8 nitrogen and oxygen atoms in total. The molecule has 1 N–H and O–H groups in total. The largest absolute Gasteiger partial charge is 0.486 e. The predicted octanol–water partition coefficient (Wildman–Crippen LogP) is 1.80. The molecule has 0 saturated carbocycles. The normalized spacial score (nSPS) is 16.9. The number of aromatic nitrogens is 2. The Hall–Kier alpha value is -2.74. The van der Waals surface area contributed by atoms with Crippen LogP contribution in [-0.2, 0) is 6.54 Å². The Morgan fingerprint density at radius 2 is 1.89 bits per heavy atom. The summed E-state index contributed by atoms with van der Waals surface area (Å²) in [6.07, 6.45) is 3.54. The number of anilines is 1. The van der Waals surface area contributed by atoms with Crippen molar-refractivity contribution in [3.63, 3.8) is 0 Å². The van der Waals surface area contributed by atoms with Crippen molar-refractivity contribution in [3.8, 4) is 11.5 Å². The van der Waals surface area contributed by atoms with E-state index >= 15 is 0 Å². The lowest BCUT2D eigenvalue weighted by Gasteiger charge is -2.36. The van der Waals surface area contributed by atoms with Gasteiger partial charge in [0.2, 0.25) is 5.95 Å². The zero-order chi connectivity index (χ0) is 19.3. The summed E-state index contributed by atoms with van der Waals surface area (Å²) < 4.78 is 11.2. The maximum Gasteiger partial charge on any atom is 0.225 e. The standard InChI is InChI=1S/C19H23ClN6O2/c1-21-18(25-5-7-26(8-6-25)19-22-3-2-4-23-19)24-13-14-11-15(20)17-16(12-14)27-9-10-28-17/h2-4,11-12H,5-10,13H2,1H3,(H,21,24). The topological polar surface area (TPSA) is 75.1 Å². The fraction of sp³-hybridized carbons (Fsp3) is 0.421. The molecule has 148 valence electrons. The molecule has 1 aromatic carbocycles. The van der Waals surface area contributed by atoms with Crippen molar-refractivity contribution in [2.45, 2.75) is 6.54 Å². The summed E-state index contributed by atoms with van der Waals surface area (Å²) in [5.74, 6) is 2.96. The van der Waals surface area contributed by atoms with E-state index in [0.29, 0.717) is 36.3 Å². The summed E-state index contributed by atoms with van der Waals surface area (Å²) in [5, 5.41) is 3.99. The first-order valence-electron chi connectivity index (χ1n) is 9.30. The molecule has 0 unspecified atom stereocenters. The zero-order valence-corrected chi connectivity index (χ0v) is 16.5. The molecule has 0 amide bonds. The van der Waals surface area contributed by atoms with E-state index in [2.05, 4.69) is 30.1 Å². The Balaban J connectivity index is 1.35. The van der Waals surface area contributed by atoms with E-state index in [9.17, 15) is 0 Å². The number of fused-ring (bicyclic) bond motifs is 1.